The lowest BCUT2D eigenvalue weighted by Gasteiger charge is -2.47. The molecule has 0 unspecified atom stereocenters. The monoisotopic (exact) mass is 419 g/mol. The van der Waals surface area contributed by atoms with Crippen LogP contribution in [-0.2, 0) is 6.54 Å². The predicted molar refractivity (Wildman–Crippen MR) is 129 cm³/mol. The van der Waals surface area contributed by atoms with Gasteiger partial charge in [0.15, 0.2) is 0 Å². The van der Waals surface area contributed by atoms with Crippen molar-refractivity contribution in [2.45, 2.75) is 57.9 Å². The van der Waals surface area contributed by atoms with E-state index in [0.717, 1.165) is 68.3 Å². The fourth-order valence-electron chi connectivity index (χ4n) is 5.28. The van der Waals surface area contributed by atoms with Crippen LogP contribution in [0.25, 0.3) is 5.70 Å². The van der Waals surface area contributed by atoms with Crippen molar-refractivity contribution in [3.05, 3.63) is 60.3 Å². The summed E-state index contributed by atoms with van der Waals surface area (Å²) in [7, 11) is 0. The number of hydrogen-bond acceptors (Lipinski definition) is 5. The van der Waals surface area contributed by atoms with Crippen molar-refractivity contribution in [2.75, 3.05) is 26.2 Å². The maximum absolute atomic E-state index is 4.92. The van der Waals surface area contributed by atoms with Crippen LogP contribution in [0, 0.1) is 5.41 Å². The van der Waals surface area contributed by atoms with Crippen molar-refractivity contribution in [1.29, 1.82) is 0 Å². The largest absolute Gasteiger partial charge is 0.381 e. The lowest BCUT2D eigenvalue weighted by molar-refractivity contribution is 0.0682. The summed E-state index contributed by atoms with van der Waals surface area (Å²) in [4.78, 5) is 13.9. The van der Waals surface area contributed by atoms with E-state index >= 15 is 0 Å². The van der Waals surface area contributed by atoms with Crippen LogP contribution in [-0.4, -0.2) is 47.7 Å². The molecule has 1 aromatic heterocycles. The Kier molecular flexibility index (Phi) is 6.79. The summed E-state index contributed by atoms with van der Waals surface area (Å²) in [5, 5.41) is 3.56. The van der Waals surface area contributed by atoms with Crippen molar-refractivity contribution in [2.24, 2.45) is 10.4 Å². The van der Waals surface area contributed by atoms with Crippen molar-refractivity contribution >= 4 is 12.4 Å². The van der Waals surface area contributed by atoms with Crippen LogP contribution in [0.1, 0.15) is 62.8 Å². The van der Waals surface area contributed by atoms with Gasteiger partial charge in [0.1, 0.15) is 0 Å². The van der Waals surface area contributed by atoms with Crippen molar-refractivity contribution in [3.63, 3.8) is 0 Å². The second-order valence-corrected chi connectivity index (χ2v) is 9.31. The number of aliphatic imine (C=N–C) groups is 1. The number of hydrogen-bond donors (Lipinski definition) is 1. The average Bonchev–Trinajstić information content (AvgIpc) is 2.84. The lowest BCUT2D eigenvalue weighted by atomic mass is 9.71. The van der Waals surface area contributed by atoms with Gasteiger partial charge in [0.2, 0.25) is 0 Å². The summed E-state index contributed by atoms with van der Waals surface area (Å²) in [6, 6.07) is 6.28. The molecular formula is C26H37N5. The molecule has 0 amide bonds. The highest BCUT2D eigenvalue weighted by atomic mass is 15.2. The first kappa shape index (κ1) is 21.7. The molecule has 2 fully saturated rings. The van der Waals surface area contributed by atoms with E-state index < -0.39 is 0 Å². The molecule has 0 saturated carbocycles. The molecular weight excluding hydrogens is 382 g/mol. The third-order valence-corrected chi connectivity index (χ3v) is 7.54. The molecule has 4 rings (SSSR count). The van der Waals surface area contributed by atoms with Gasteiger partial charge in [-0.1, -0.05) is 19.2 Å². The second-order valence-electron chi connectivity index (χ2n) is 9.31. The fourth-order valence-corrected chi connectivity index (χ4v) is 5.28. The highest BCUT2D eigenvalue weighted by Gasteiger charge is 2.37. The van der Waals surface area contributed by atoms with E-state index in [0.29, 0.717) is 5.41 Å². The number of pyridine rings is 1. The first-order chi connectivity index (χ1) is 15.1. The van der Waals surface area contributed by atoms with Gasteiger partial charge in [0, 0.05) is 31.9 Å². The van der Waals surface area contributed by atoms with Gasteiger partial charge < -0.3 is 15.1 Å². The number of nitrogens with one attached hydrogen (secondary N) is 1. The SMILES string of the molecule is C=CN1CCC2(CC1)CCN(C(=C)c1cccc(CNC3=C(N=C)CCCC3)n1)CC2. The first-order valence-electron chi connectivity index (χ1n) is 11.8. The molecule has 0 bridgehead atoms. The topological polar surface area (TPSA) is 43.8 Å². The van der Waals surface area contributed by atoms with E-state index in [1.165, 1.54) is 44.2 Å². The lowest BCUT2D eigenvalue weighted by Crippen LogP contribution is -2.45. The van der Waals surface area contributed by atoms with E-state index in [2.05, 4.69) is 58.2 Å². The Balaban J connectivity index is 1.34. The van der Waals surface area contributed by atoms with Gasteiger partial charge in [-0.15, -0.1) is 0 Å². The third-order valence-electron chi connectivity index (χ3n) is 7.54. The fraction of sp³-hybridized carbons (Fsp3) is 0.538. The summed E-state index contributed by atoms with van der Waals surface area (Å²) in [5.41, 5.74) is 5.97. The minimum absolute atomic E-state index is 0.514. The highest BCUT2D eigenvalue weighted by molar-refractivity contribution is 5.58. The van der Waals surface area contributed by atoms with Gasteiger partial charge in [-0.25, -0.2) is 4.98 Å². The summed E-state index contributed by atoms with van der Waals surface area (Å²) < 4.78 is 0. The van der Waals surface area contributed by atoms with Gasteiger partial charge in [-0.2, -0.15) is 0 Å². The first-order valence-corrected chi connectivity index (χ1v) is 11.8. The Bertz CT molecular complexity index is 837. The van der Waals surface area contributed by atoms with E-state index in [9.17, 15) is 0 Å². The summed E-state index contributed by atoms with van der Waals surface area (Å²) in [5.74, 6) is 0. The van der Waals surface area contributed by atoms with E-state index in [4.69, 9.17) is 4.98 Å². The third kappa shape index (κ3) is 5.03. The Morgan fingerprint density at radius 2 is 1.81 bits per heavy atom. The molecule has 31 heavy (non-hydrogen) atoms. The maximum atomic E-state index is 4.92. The second kappa shape index (κ2) is 9.71. The molecule has 1 aliphatic carbocycles. The highest BCUT2D eigenvalue weighted by Crippen LogP contribution is 2.42. The van der Waals surface area contributed by atoms with Crippen molar-refractivity contribution in [3.8, 4) is 0 Å². The normalized spacial score (nSPS) is 21.2. The van der Waals surface area contributed by atoms with Gasteiger partial charge >= 0.3 is 0 Å². The van der Waals surface area contributed by atoms with E-state index in [1.807, 2.05) is 6.20 Å². The minimum atomic E-state index is 0.514. The molecule has 3 heterocycles. The Hall–Kier alpha value is -2.56. The summed E-state index contributed by atoms with van der Waals surface area (Å²) >= 11 is 0. The van der Waals surface area contributed by atoms with Crippen LogP contribution < -0.4 is 5.32 Å². The molecule has 0 atom stereocenters. The smallest absolute Gasteiger partial charge is 0.0861 e. The molecule has 3 aliphatic rings. The van der Waals surface area contributed by atoms with Crippen molar-refractivity contribution in [1.82, 2.24) is 20.1 Å². The molecule has 0 radical (unpaired) electrons. The maximum Gasteiger partial charge on any atom is 0.0861 e. The van der Waals surface area contributed by atoms with Crippen LogP contribution in [0.4, 0.5) is 0 Å². The standard InChI is InChI=1S/C26H37N5/c1-4-30-16-12-26(13-17-30)14-18-31(19-15-26)21(2)23-11-7-8-22(29-23)20-28-25-10-6-5-9-24(25)27-3/h4,7-8,11,28H,1-3,5-6,9-10,12-20H2. The summed E-state index contributed by atoms with van der Waals surface area (Å²) in [6.07, 6.45) is 11.6. The quantitative estimate of drug-likeness (QED) is 0.635. The van der Waals surface area contributed by atoms with Crippen LogP contribution in [0.15, 0.2) is 53.9 Å². The molecule has 0 aromatic carbocycles. The molecule has 1 N–H and O–H groups in total. The molecule has 5 heteroatoms. The van der Waals surface area contributed by atoms with Crippen LogP contribution >= 0.6 is 0 Å². The Morgan fingerprint density at radius 3 is 2.52 bits per heavy atom. The number of rotatable bonds is 7. The minimum Gasteiger partial charge on any atom is -0.381 e. The van der Waals surface area contributed by atoms with Crippen LogP contribution in [0.3, 0.4) is 0 Å². The number of allylic oxidation sites excluding steroid dienone is 2. The molecule has 2 aliphatic heterocycles. The number of likely N-dealkylation sites (tertiary alicyclic amines) is 2. The van der Waals surface area contributed by atoms with Gasteiger partial charge in [-0.3, -0.25) is 4.99 Å². The zero-order chi connectivity index (χ0) is 21.7. The van der Waals surface area contributed by atoms with Gasteiger partial charge in [-0.05, 0) is 81.8 Å². The number of piperidine rings is 2. The zero-order valence-electron chi connectivity index (χ0n) is 18.9. The number of aromatic nitrogens is 1. The molecule has 2 saturated heterocycles. The predicted octanol–water partition coefficient (Wildman–Crippen LogP) is 4.95. The van der Waals surface area contributed by atoms with E-state index in [1.54, 1.807) is 0 Å². The van der Waals surface area contributed by atoms with Crippen LogP contribution in [0.2, 0.25) is 0 Å². The number of nitrogens with zero attached hydrogens (tertiary/aromatic N) is 4. The summed E-state index contributed by atoms with van der Waals surface area (Å²) in [6.45, 7) is 17.3. The molecule has 166 valence electrons. The Labute approximate surface area is 187 Å². The molecule has 5 nitrogen and oxygen atoms in total. The molecule has 1 aromatic rings. The van der Waals surface area contributed by atoms with Crippen LogP contribution in [0.5, 0.6) is 0 Å². The zero-order valence-corrected chi connectivity index (χ0v) is 18.9. The average molecular weight is 420 g/mol. The Morgan fingerprint density at radius 1 is 1.10 bits per heavy atom. The van der Waals surface area contributed by atoms with Gasteiger partial charge in [0.25, 0.3) is 0 Å². The molecule has 1 spiro atoms. The van der Waals surface area contributed by atoms with Gasteiger partial charge in [0.05, 0.1) is 29.3 Å². The van der Waals surface area contributed by atoms with Crippen molar-refractivity contribution < 1.29 is 0 Å². The van der Waals surface area contributed by atoms with E-state index in [-0.39, 0.29) is 0 Å².